The number of nitrogens with zero attached hydrogens (tertiary/aromatic N) is 1. The van der Waals surface area contributed by atoms with Gasteiger partial charge in [-0.3, -0.25) is 0 Å². The van der Waals surface area contributed by atoms with Crippen LogP contribution in [0.4, 0.5) is 26.3 Å². The van der Waals surface area contributed by atoms with E-state index in [4.69, 9.17) is 10.7 Å². The van der Waals surface area contributed by atoms with Gasteiger partial charge < -0.3 is 4.74 Å². The van der Waals surface area contributed by atoms with Crippen molar-refractivity contribution in [2.24, 2.45) is 0 Å². The molecule has 0 aliphatic carbocycles. The Morgan fingerprint density at radius 1 is 1.24 bits per heavy atom. The predicted molar refractivity (Wildman–Crippen MR) is 61.6 cm³/mol. The first-order chi connectivity index (χ1) is 9.25. The second-order valence-corrected chi connectivity index (χ2v) is 6.46. The van der Waals surface area contributed by atoms with E-state index in [-0.39, 0.29) is 6.07 Å². The molecular formula is C8H3BrClF6NO3S. The third-order valence-corrected chi connectivity index (χ3v) is 3.68. The molecule has 1 aromatic rings. The van der Waals surface area contributed by atoms with E-state index in [1.807, 2.05) is 0 Å². The van der Waals surface area contributed by atoms with E-state index in [1.165, 1.54) is 0 Å². The highest BCUT2D eigenvalue weighted by atomic mass is 79.9. The highest BCUT2D eigenvalue weighted by molar-refractivity contribution is 9.08. The first-order valence-electron chi connectivity index (χ1n) is 4.63. The summed E-state index contributed by atoms with van der Waals surface area (Å²) in [6.07, 6.45) is -10.4. The van der Waals surface area contributed by atoms with E-state index in [2.05, 4.69) is 25.7 Å². The number of aromatic nitrogens is 1. The maximum absolute atomic E-state index is 12.6. The van der Waals surface area contributed by atoms with Gasteiger partial charge in [0.25, 0.3) is 9.05 Å². The van der Waals surface area contributed by atoms with Gasteiger partial charge in [-0.2, -0.15) is 13.2 Å². The molecule has 0 amide bonds. The van der Waals surface area contributed by atoms with Crippen molar-refractivity contribution in [3.8, 4) is 5.75 Å². The van der Waals surface area contributed by atoms with Gasteiger partial charge in [0.2, 0.25) is 5.03 Å². The molecule has 0 saturated carbocycles. The number of ether oxygens (including phenoxy) is 1. The lowest BCUT2D eigenvalue weighted by Crippen LogP contribution is -2.21. The Hall–Kier alpha value is -0.750. The number of hydrogen-bond donors (Lipinski definition) is 0. The van der Waals surface area contributed by atoms with E-state index < -0.39 is 49.0 Å². The molecule has 0 bridgehead atoms. The number of rotatable bonds is 3. The van der Waals surface area contributed by atoms with Crippen molar-refractivity contribution in [3.05, 3.63) is 17.3 Å². The molecule has 1 heterocycles. The van der Waals surface area contributed by atoms with Gasteiger partial charge in [-0.15, -0.1) is 13.2 Å². The standard InChI is InChI=1S/C8H3BrClF6NO3S/c9-2-3-1-4(7(11,12)13)17-6(21(10,18)19)5(3)20-8(14,15)16/h1H,2H2. The molecule has 0 aliphatic rings. The van der Waals surface area contributed by atoms with Crippen molar-refractivity contribution in [2.45, 2.75) is 22.9 Å². The molecule has 0 aromatic carbocycles. The quantitative estimate of drug-likeness (QED) is 0.422. The summed E-state index contributed by atoms with van der Waals surface area (Å²) in [6.45, 7) is 0. The van der Waals surface area contributed by atoms with Crippen molar-refractivity contribution >= 4 is 35.7 Å². The average Bonchev–Trinajstić information content (AvgIpc) is 2.23. The molecule has 0 atom stereocenters. The molecular weight excluding hydrogens is 420 g/mol. The minimum atomic E-state index is -5.34. The summed E-state index contributed by atoms with van der Waals surface area (Å²) in [5, 5.41) is -2.21. The topological polar surface area (TPSA) is 56.3 Å². The van der Waals surface area contributed by atoms with Gasteiger partial charge >= 0.3 is 12.5 Å². The first-order valence-corrected chi connectivity index (χ1v) is 8.06. The van der Waals surface area contributed by atoms with Crippen LogP contribution in [0.15, 0.2) is 11.1 Å². The second kappa shape index (κ2) is 5.80. The summed E-state index contributed by atoms with van der Waals surface area (Å²) in [4.78, 5) is 2.62. The number of halogens is 8. The van der Waals surface area contributed by atoms with Gasteiger partial charge in [0, 0.05) is 21.6 Å². The summed E-state index contributed by atoms with van der Waals surface area (Å²) in [5.74, 6) is -1.41. The molecule has 13 heteroatoms. The van der Waals surface area contributed by atoms with Crippen LogP contribution in [-0.4, -0.2) is 19.8 Å². The van der Waals surface area contributed by atoms with Crippen molar-refractivity contribution in [1.82, 2.24) is 4.98 Å². The molecule has 4 nitrogen and oxygen atoms in total. The van der Waals surface area contributed by atoms with E-state index >= 15 is 0 Å². The summed E-state index contributed by atoms with van der Waals surface area (Å²) in [6, 6.07) is 0.224. The minimum Gasteiger partial charge on any atom is -0.402 e. The normalized spacial score (nSPS) is 13.3. The van der Waals surface area contributed by atoms with Crippen LogP contribution in [0, 0.1) is 0 Å². The molecule has 1 aromatic heterocycles. The monoisotopic (exact) mass is 421 g/mol. The van der Waals surface area contributed by atoms with Crippen LogP contribution in [0.2, 0.25) is 0 Å². The summed E-state index contributed by atoms with van der Waals surface area (Å²) in [5.41, 5.74) is -2.44. The zero-order valence-corrected chi connectivity index (χ0v) is 12.5. The molecule has 120 valence electrons. The molecule has 0 fully saturated rings. The zero-order valence-electron chi connectivity index (χ0n) is 9.39. The Morgan fingerprint density at radius 2 is 1.76 bits per heavy atom. The van der Waals surface area contributed by atoms with E-state index in [0.717, 1.165) is 0 Å². The molecule has 0 saturated heterocycles. The molecule has 0 aliphatic heterocycles. The Bertz CT molecular complexity index is 645. The molecule has 0 spiro atoms. The Balaban J connectivity index is 3.69. The van der Waals surface area contributed by atoms with Crippen LogP contribution in [0.1, 0.15) is 11.3 Å². The van der Waals surface area contributed by atoms with Crippen molar-refractivity contribution in [1.29, 1.82) is 0 Å². The summed E-state index contributed by atoms with van der Waals surface area (Å²) >= 11 is 2.64. The Labute approximate surface area is 126 Å². The summed E-state index contributed by atoms with van der Waals surface area (Å²) in [7, 11) is -0.183. The van der Waals surface area contributed by atoms with Crippen LogP contribution in [-0.2, 0) is 20.6 Å². The van der Waals surface area contributed by atoms with Gasteiger partial charge in [0.05, 0.1) is 0 Å². The van der Waals surface area contributed by atoms with Crippen LogP contribution in [0.5, 0.6) is 5.75 Å². The van der Waals surface area contributed by atoms with Crippen molar-refractivity contribution in [2.75, 3.05) is 0 Å². The number of pyridine rings is 1. The fraction of sp³-hybridized carbons (Fsp3) is 0.375. The van der Waals surface area contributed by atoms with Crippen molar-refractivity contribution in [3.63, 3.8) is 0 Å². The lowest BCUT2D eigenvalue weighted by Gasteiger charge is -2.16. The van der Waals surface area contributed by atoms with E-state index in [0.29, 0.717) is 0 Å². The Morgan fingerprint density at radius 3 is 2.10 bits per heavy atom. The molecule has 0 unspecified atom stereocenters. The molecule has 0 radical (unpaired) electrons. The number of hydrogen-bond acceptors (Lipinski definition) is 4. The zero-order chi connectivity index (χ0) is 16.6. The molecule has 1 rings (SSSR count). The fourth-order valence-electron chi connectivity index (χ4n) is 1.20. The third kappa shape index (κ3) is 4.88. The van der Waals surface area contributed by atoms with E-state index in [1.54, 1.807) is 0 Å². The number of alkyl halides is 7. The maximum atomic E-state index is 12.6. The average molecular weight is 423 g/mol. The van der Waals surface area contributed by atoms with Gasteiger partial charge in [-0.25, -0.2) is 13.4 Å². The minimum absolute atomic E-state index is 0.224. The van der Waals surface area contributed by atoms with Crippen LogP contribution < -0.4 is 4.74 Å². The van der Waals surface area contributed by atoms with Gasteiger partial charge in [0.1, 0.15) is 5.69 Å². The highest BCUT2D eigenvalue weighted by Crippen LogP contribution is 2.38. The fourth-order valence-corrected chi connectivity index (χ4v) is 2.53. The van der Waals surface area contributed by atoms with Crippen LogP contribution in [0.25, 0.3) is 0 Å². The summed E-state index contributed by atoms with van der Waals surface area (Å²) < 4.78 is 100. The van der Waals surface area contributed by atoms with Gasteiger partial charge in [-0.05, 0) is 6.07 Å². The van der Waals surface area contributed by atoms with Crippen molar-refractivity contribution < 1.29 is 39.5 Å². The highest BCUT2D eigenvalue weighted by Gasteiger charge is 2.40. The van der Waals surface area contributed by atoms with Crippen LogP contribution >= 0.6 is 26.6 Å². The third-order valence-electron chi connectivity index (χ3n) is 1.90. The smallest absolute Gasteiger partial charge is 0.402 e. The Kier molecular flexibility index (Phi) is 5.05. The lowest BCUT2D eigenvalue weighted by atomic mass is 10.2. The SMILES string of the molecule is O=S(=O)(Cl)c1nc(C(F)(F)F)cc(CBr)c1OC(F)(F)F. The first kappa shape index (κ1) is 18.3. The molecule has 21 heavy (non-hydrogen) atoms. The van der Waals surface area contributed by atoms with Crippen LogP contribution in [0.3, 0.4) is 0 Å². The maximum Gasteiger partial charge on any atom is 0.573 e. The molecule has 0 N–H and O–H groups in total. The largest absolute Gasteiger partial charge is 0.573 e. The predicted octanol–water partition coefficient (Wildman–Crippen LogP) is 3.82. The van der Waals surface area contributed by atoms with Gasteiger partial charge in [0.15, 0.2) is 5.75 Å². The second-order valence-electron chi connectivity index (χ2n) is 3.42. The lowest BCUT2D eigenvalue weighted by molar-refractivity contribution is -0.276. The van der Waals surface area contributed by atoms with E-state index in [9.17, 15) is 34.8 Å². The van der Waals surface area contributed by atoms with Gasteiger partial charge in [-0.1, -0.05) is 15.9 Å².